The first-order valence-corrected chi connectivity index (χ1v) is 9.84. The Hall–Kier alpha value is 0.510. The topological polar surface area (TPSA) is 182 Å². The monoisotopic (exact) mass is 458 g/mol. The maximum absolute atomic E-state index is 11.1. The highest BCUT2D eigenvalue weighted by Gasteiger charge is 2.58. The number of rotatable bonds is 14. The van der Waals surface area contributed by atoms with Gasteiger partial charge in [0, 0.05) is 36.9 Å². The quantitative estimate of drug-likeness (QED) is 0.127. The third kappa shape index (κ3) is 7.36. The zero-order valence-corrected chi connectivity index (χ0v) is 16.8. The largest absolute Gasteiger partial charge is 0.394 e. The third-order valence-corrected chi connectivity index (χ3v) is 5.50. The molecule has 0 rings (SSSR count). The van der Waals surface area contributed by atoms with E-state index in [1.165, 1.54) is 0 Å². The summed E-state index contributed by atoms with van der Waals surface area (Å²) in [5, 5.41) is 90.9. The average Bonchev–Trinajstić information content (AvgIpc) is 2.64. The van der Waals surface area contributed by atoms with Crippen LogP contribution in [0.5, 0.6) is 0 Å². The van der Waals surface area contributed by atoms with Crippen LogP contribution in [-0.2, 0) is 0 Å². The molecule has 0 amide bonds. The van der Waals surface area contributed by atoms with Crippen LogP contribution in [0.2, 0.25) is 0 Å². The van der Waals surface area contributed by atoms with Gasteiger partial charge in [-0.25, -0.2) is 0 Å². The summed E-state index contributed by atoms with van der Waals surface area (Å²) in [5.74, 6) is -1.16. The van der Waals surface area contributed by atoms with Gasteiger partial charge in [-0.1, -0.05) is 0 Å². The fourth-order valence-corrected chi connectivity index (χ4v) is 3.25. The van der Waals surface area contributed by atoms with Crippen LogP contribution in [-0.4, -0.2) is 118 Å². The maximum atomic E-state index is 11.1. The molecule has 0 aromatic rings. The van der Waals surface area contributed by atoms with Crippen LogP contribution in [0.15, 0.2) is 0 Å². The first-order chi connectivity index (χ1) is 12.4. The molecule has 7 atom stereocenters. The minimum Gasteiger partial charge on any atom is -0.394 e. The molecule has 27 heavy (non-hydrogen) atoms. The Kier molecular flexibility index (Phi) is 12.5. The summed E-state index contributed by atoms with van der Waals surface area (Å²) in [6, 6.07) is 0. The Morgan fingerprint density at radius 2 is 1.04 bits per heavy atom. The molecule has 0 aliphatic rings. The second-order valence-electron chi connectivity index (χ2n) is 6.68. The van der Waals surface area contributed by atoms with Gasteiger partial charge in [-0.15, -0.1) is 34.8 Å². The number of aliphatic hydroxyl groups is 9. The van der Waals surface area contributed by atoms with Crippen molar-refractivity contribution in [3.63, 3.8) is 0 Å². The van der Waals surface area contributed by atoms with Gasteiger partial charge < -0.3 is 46.0 Å². The number of aliphatic hydroxyl groups excluding tert-OH is 7. The lowest BCUT2D eigenvalue weighted by Crippen LogP contribution is -2.68. The third-order valence-electron chi connectivity index (χ3n) is 4.43. The minimum atomic E-state index is -2.78. The Morgan fingerprint density at radius 1 is 0.667 bits per heavy atom. The van der Waals surface area contributed by atoms with E-state index in [9.17, 15) is 40.9 Å². The fourth-order valence-electron chi connectivity index (χ4n) is 2.93. The fraction of sp³-hybridized carbons (Fsp3) is 1.00. The van der Waals surface area contributed by atoms with E-state index in [0.29, 0.717) is 0 Å². The molecule has 0 aromatic carbocycles. The van der Waals surface area contributed by atoms with Gasteiger partial charge in [0.2, 0.25) is 0 Å². The predicted octanol–water partition coefficient (Wildman–Crippen LogP) is -2.51. The number of halogens is 3. The van der Waals surface area contributed by atoms with E-state index in [2.05, 4.69) is 0 Å². The molecule has 0 aliphatic carbocycles. The molecule has 0 aliphatic heterocycles. The SMILES string of the molecule is OC[C@@H](O)[C@@H](O)[C@H](O)[C@](O)(CC(O)CCl)C(O)(CC(O)CCl)CC(O)CCl. The van der Waals surface area contributed by atoms with Gasteiger partial charge in [0.15, 0.2) is 0 Å². The van der Waals surface area contributed by atoms with Crippen molar-refractivity contribution in [2.24, 2.45) is 0 Å². The van der Waals surface area contributed by atoms with Crippen LogP contribution >= 0.6 is 34.8 Å². The van der Waals surface area contributed by atoms with Crippen molar-refractivity contribution in [3.05, 3.63) is 0 Å². The summed E-state index contributed by atoms with van der Waals surface area (Å²) in [5.41, 5.74) is -5.30. The number of alkyl halides is 3. The molecule has 9 N–H and O–H groups in total. The Morgan fingerprint density at radius 3 is 1.37 bits per heavy atom. The molecule has 0 fully saturated rings. The molecule has 9 nitrogen and oxygen atoms in total. The van der Waals surface area contributed by atoms with Gasteiger partial charge in [0.05, 0.1) is 24.9 Å². The molecular weight excluding hydrogens is 431 g/mol. The van der Waals surface area contributed by atoms with E-state index in [1.54, 1.807) is 0 Å². The standard InChI is InChI=1S/C15H29Cl3O9/c16-4-8(20)1-14(26,2-9(21)5-17)15(27,3-10(22)6-18)13(25)12(24)11(23)7-19/h8-13,19-27H,1-7H2/t8?,9?,10?,11-,12-,13+,14?,15-/m1/s1. The maximum Gasteiger partial charge on any atom is 0.124 e. The molecule has 0 heterocycles. The molecule has 3 unspecified atom stereocenters. The second-order valence-corrected chi connectivity index (χ2v) is 7.60. The van der Waals surface area contributed by atoms with Gasteiger partial charge >= 0.3 is 0 Å². The van der Waals surface area contributed by atoms with Gasteiger partial charge in [-0.3, -0.25) is 0 Å². The first kappa shape index (κ1) is 27.5. The molecule has 0 saturated heterocycles. The van der Waals surface area contributed by atoms with Crippen molar-refractivity contribution in [1.82, 2.24) is 0 Å². The van der Waals surface area contributed by atoms with Gasteiger partial charge in [-0.2, -0.15) is 0 Å². The Balaban J connectivity index is 6.16. The molecular formula is C15H29Cl3O9. The van der Waals surface area contributed by atoms with Crippen molar-refractivity contribution in [2.75, 3.05) is 24.2 Å². The van der Waals surface area contributed by atoms with Crippen LogP contribution in [0.25, 0.3) is 0 Å². The molecule has 0 aromatic heterocycles. The highest BCUT2D eigenvalue weighted by Crippen LogP contribution is 2.40. The Bertz CT molecular complexity index is 408. The average molecular weight is 460 g/mol. The lowest BCUT2D eigenvalue weighted by molar-refractivity contribution is -0.257. The van der Waals surface area contributed by atoms with Crippen LogP contribution < -0.4 is 0 Å². The van der Waals surface area contributed by atoms with Gasteiger partial charge in [0.25, 0.3) is 0 Å². The number of hydrogen-bond donors (Lipinski definition) is 9. The summed E-state index contributed by atoms with van der Waals surface area (Å²) in [4.78, 5) is 0. The molecule has 0 saturated carbocycles. The van der Waals surface area contributed by atoms with E-state index >= 15 is 0 Å². The van der Waals surface area contributed by atoms with Crippen LogP contribution in [0.1, 0.15) is 19.3 Å². The second kappa shape index (κ2) is 12.3. The van der Waals surface area contributed by atoms with Crippen LogP contribution in [0, 0.1) is 0 Å². The molecule has 12 heteroatoms. The predicted molar refractivity (Wildman–Crippen MR) is 99.0 cm³/mol. The van der Waals surface area contributed by atoms with E-state index in [4.69, 9.17) is 39.9 Å². The zero-order valence-electron chi connectivity index (χ0n) is 14.6. The summed E-state index contributed by atoms with van der Waals surface area (Å²) in [6.07, 6.45) is -12.8. The van der Waals surface area contributed by atoms with Crippen molar-refractivity contribution in [1.29, 1.82) is 0 Å². The minimum absolute atomic E-state index is 0.370. The van der Waals surface area contributed by atoms with Gasteiger partial charge in [0.1, 0.15) is 29.5 Å². The normalized spacial score (nSPS) is 23.6. The van der Waals surface area contributed by atoms with E-state index < -0.39 is 79.6 Å². The van der Waals surface area contributed by atoms with Crippen molar-refractivity contribution in [2.45, 2.75) is 67.1 Å². The highest BCUT2D eigenvalue weighted by molar-refractivity contribution is 6.18. The summed E-state index contributed by atoms with van der Waals surface area (Å²) < 4.78 is 0. The van der Waals surface area contributed by atoms with Crippen LogP contribution in [0.3, 0.4) is 0 Å². The molecule has 0 spiro atoms. The number of hydrogen-bond acceptors (Lipinski definition) is 9. The highest BCUT2D eigenvalue weighted by atomic mass is 35.5. The molecule has 0 bridgehead atoms. The lowest BCUT2D eigenvalue weighted by Gasteiger charge is -2.49. The zero-order chi connectivity index (χ0) is 21.4. The van der Waals surface area contributed by atoms with Gasteiger partial charge in [-0.05, 0) is 0 Å². The molecule has 164 valence electrons. The summed E-state index contributed by atoms with van der Waals surface area (Å²) in [7, 11) is 0. The van der Waals surface area contributed by atoms with Crippen molar-refractivity contribution < 1.29 is 46.0 Å². The van der Waals surface area contributed by atoms with E-state index in [0.717, 1.165) is 0 Å². The van der Waals surface area contributed by atoms with Crippen LogP contribution in [0.4, 0.5) is 0 Å². The van der Waals surface area contributed by atoms with E-state index in [-0.39, 0.29) is 11.8 Å². The Labute approximate surface area is 172 Å². The van der Waals surface area contributed by atoms with Crippen molar-refractivity contribution >= 4 is 34.8 Å². The first-order valence-electron chi connectivity index (χ1n) is 8.24. The molecule has 0 radical (unpaired) electrons. The van der Waals surface area contributed by atoms with E-state index in [1.807, 2.05) is 0 Å². The summed E-state index contributed by atoms with van der Waals surface area (Å²) >= 11 is 16.6. The van der Waals surface area contributed by atoms with Crippen molar-refractivity contribution in [3.8, 4) is 0 Å². The summed E-state index contributed by atoms with van der Waals surface area (Å²) in [6.45, 7) is -0.973. The lowest BCUT2D eigenvalue weighted by atomic mass is 9.68. The smallest absolute Gasteiger partial charge is 0.124 e.